The molecule has 0 aliphatic carbocycles. The minimum Gasteiger partial charge on any atom is -0.368 e. The van der Waals surface area contributed by atoms with Gasteiger partial charge in [0.15, 0.2) is 0 Å². The molecule has 25 heavy (non-hydrogen) atoms. The Balaban J connectivity index is 0.000000550. The average molecular weight is 385 g/mol. The second-order valence-electron chi connectivity index (χ2n) is 5.44. The summed E-state index contributed by atoms with van der Waals surface area (Å²) in [7, 11) is -3.67. The molecule has 0 aliphatic rings. The first kappa shape index (κ1) is 21.1. The number of rotatable bonds is 5. The first-order chi connectivity index (χ1) is 11.6. The van der Waals surface area contributed by atoms with Crippen LogP contribution in [0.1, 0.15) is 12.5 Å². The molecule has 0 fully saturated rings. The Morgan fingerprint density at radius 3 is 1.92 bits per heavy atom. The third-order valence-electron chi connectivity index (χ3n) is 3.17. The van der Waals surface area contributed by atoms with Crippen LogP contribution in [0.2, 0.25) is 5.02 Å². The van der Waals surface area contributed by atoms with Gasteiger partial charge in [-0.3, -0.25) is 9.35 Å². The van der Waals surface area contributed by atoms with Crippen molar-refractivity contribution in [3.05, 3.63) is 59.1 Å². The summed E-state index contributed by atoms with van der Waals surface area (Å²) in [5.41, 5.74) is 8.56. The van der Waals surface area contributed by atoms with Crippen LogP contribution in [-0.4, -0.2) is 31.2 Å². The second-order valence-corrected chi connectivity index (χ2v) is 7.34. The van der Waals surface area contributed by atoms with Crippen LogP contribution < -0.4 is 11.1 Å². The van der Waals surface area contributed by atoms with Gasteiger partial charge in [-0.15, -0.1) is 0 Å². The van der Waals surface area contributed by atoms with Crippen LogP contribution in [0.5, 0.6) is 0 Å². The van der Waals surface area contributed by atoms with E-state index in [0.29, 0.717) is 12.8 Å². The van der Waals surface area contributed by atoms with Crippen LogP contribution in [0.3, 0.4) is 0 Å². The van der Waals surface area contributed by atoms with Crippen molar-refractivity contribution in [1.82, 2.24) is 5.32 Å². The van der Waals surface area contributed by atoms with Crippen molar-refractivity contribution in [2.45, 2.75) is 19.5 Å². The molecule has 6 nitrogen and oxygen atoms in total. The van der Waals surface area contributed by atoms with E-state index in [1.807, 2.05) is 36.4 Å². The van der Waals surface area contributed by atoms with E-state index < -0.39 is 10.1 Å². The van der Waals surface area contributed by atoms with Crippen molar-refractivity contribution in [2.75, 3.05) is 6.26 Å². The van der Waals surface area contributed by atoms with Crippen LogP contribution in [0, 0.1) is 0 Å². The van der Waals surface area contributed by atoms with Crippen LogP contribution in [0.25, 0.3) is 11.1 Å². The first-order valence-electron chi connectivity index (χ1n) is 7.36. The fourth-order valence-corrected chi connectivity index (χ4v) is 1.95. The van der Waals surface area contributed by atoms with Gasteiger partial charge in [-0.2, -0.15) is 8.42 Å². The molecule has 4 N–H and O–H groups in total. The molecule has 0 aromatic heterocycles. The smallest absolute Gasteiger partial charge is 0.261 e. The molecule has 136 valence electrons. The summed E-state index contributed by atoms with van der Waals surface area (Å²) in [5, 5.41) is 3.80. The molecule has 1 unspecified atom stereocenters. The highest BCUT2D eigenvalue weighted by atomic mass is 35.5. The summed E-state index contributed by atoms with van der Waals surface area (Å²) in [5.74, 6) is -0.345. The Hall–Kier alpha value is -1.93. The van der Waals surface area contributed by atoms with Gasteiger partial charge in [0, 0.05) is 11.6 Å². The predicted octanol–water partition coefficient (Wildman–Crippen LogP) is 2.47. The van der Waals surface area contributed by atoms with Gasteiger partial charge in [-0.25, -0.2) is 0 Å². The Bertz CT molecular complexity index is 782. The quantitative estimate of drug-likeness (QED) is 0.686. The normalized spacial score (nSPS) is 12.0. The Labute approximate surface area is 152 Å². The number of primary amides is 1. The molecule has 1 amide bonds. The van der Waals surface area contributed by atoms with Gasteiger partial charge in [0.2, 0.25) is 5.91 Å². The van der Waals surface area contributed by atoms with Crippen molar-refractivity contribution in [3.8, 4) is 11.1 Å². The van der Waals surface area contributed by atoms with Crippen LogP contribution in [0.4, 0.5) is 0 Å². The third kappa shape index (κ3) is 9.21. The molecule has 0 spiro atoms. The average Bonchev–Trinajstić information content (AvgIpc) is 2.52. The molecule has 0 radical (unpaired) electrons. The fourth-order valence-electron chi connectivity index (χ4n) is 1.83. The van der Waals surface area contributed by atoms with Crippen LogP contribution >= 0.6 is 11.6 Å². The molecule has 1 atom stereocenters. The summed E-state index contributed by atoms with van der Waals surface area (Å²) in [4.78, 5) is 10.9. The van der Waals surface area contributed by atoms with E-state index in [2.05, 4.69) is 17.4 Å². The first-order valence-corrected chi connectivity index (χ1v) is 9.59. The Morgan fingerprint density at radius 2 is 1.52 bits per heavy atom. The summed E-state index contributed by atoms with van der Waals surface area (Å²) in [6, 6.07) is 15.6. The lowest BCUT2D eigenvalue weighted by Gasteiger charge is -2.10. The van der Waals surface area contributed by atoms with Gasteiger partial charge in [0.1, 0.15) is 0 Å². The number of carbonyl (C=O) groups is 1. The van der Waals surface area contributed by atoms with Gasteiger partial charge in [-0.1, -0.05) is 48.0 Å². The lowest BCUT2D eigenvalue weighted by atomic mass is 10.0. The highest BCUT2D eigenvalue weighted by Gasteiger charge is 2.07. The molecular weight excluding hydrogens is 364 g/mol. The largest absolute Gasteiger partial charge is 0.368 e. The second kappa shape index (κ2) is 9.53. The van der Waals surface area contributed by atoms with Gasteiger partial charge < -0.3 is 11.1 Å². The minimum atomic E-state index is -3.67. The summed E-state index contributed by atoms with van der Waals surface area (Å²) in [6.45, 7) is 2.37. The maximum absolute atomic E-state index is 10.9. The number of hydrogen-bond acceptors (Lipinski definition) is 4. The topological polar surface area (TPSA) is 109 Å². The number of carbonyl (C=O) groups excluding carboxylic acids is 1. The number of nitrogens with two attached hydrogens (primary N) is 1. The minimum absolute atomic E-state index is 0.328. The van der Waals surface area contributed by atoms with E-state index in [9.17, 15) is 13.2 Å². The van der Waals surface area contributed by atoms with E-state index in [1.54, 1.807) is 6.92 Å². The monoisotopic (exact) mass is 384 g/mol. The van der Waals surface area contributed by atoms with E-state index >= 15 is 0 Å². The Kier molecular flexibility index (Phi) is 8.05. The van der Waals surface area contributed by atoms with Crippen molar-refractivity contribution < 1.29 is 17.8 Å². The molecule has 0 aliphatic heterocycles. The predicted molar refractivity (Wildman–Crippen MR) is 99.9 cm³/mol. The fraction of sp³-hybridized carbons (Fsp3) is 0.235. The standard InChI is InChI=1S/C16H17ClN2O.CH4O3S/c1-11(16(18)20)19-10-12-2-4-13(5-3-12)14-6-8-15(17)9-7-14;1-5(2,3)4/h2-9,11,19H,10H2,1H3,(H2,18,20);1H3,(H,2,3,4). The van der Waals surface area contributed by atoms with Crippen LogP contribution in [0.15, 0.2) is 48.5 Å². The summed E-state index contributed by atoms with van der Waals surface area (Å²) in [6.07, 6.45) is 0.715. The maximum atomic E-state index is 10.9. The molecule has 0 heterocycles. The zero-order chi connectivity index (χ0) is 19.0. The molecule has 2 rings (SSSR count). The molecule has 0 bridgehead atoms. The molecular formula is C17H21ClN2O4S. The lowest BCUT2D eigenvalue weighted by Crippen LogP contribution is -2.38. The van der Waals surface area contributed by atoms with Crippen molar-refractivity contribution >= 4 is 27.6 Å². The maximum Gasteiger partial charge on any atom is 0.261 e. The summed E-state index contributed by atoms with van der Waals surface area (Å²) >= 11 is 5.87. The molecule has 2 aromatic carbocycles. The molecule has 0 saturated heterocycles. The van der Waals surface area contributed by atoms with Crippen molar-refractivity contribution in [3.63, 3.8) is 0 Å². The number of hydrogen-bond donors (Lipinski definition) is 3. The lowest BCUT2D eigenvalue weighted by molar-refractivity contribution is -0.119. The number of amides is 1. The highest BCUT2D eigenvalue weighted by Crippen LogP contribution is 2.21. The van der Waals surface area contributed by atoms with E-state index in [1.165, 1.54) is 0 Å². The zero-order valence-electron chi connectivity index (χ0n) is 13.9. The van der Waals surface area contributed by atoms with Crippen molar-refractivity contribution in [2.24, 2.45) is 5.73 Å². The van der Waals surface area contributed by atoms with Gasteiger partial charge >= 0.3 is 0 Å². The van der Waals surface area contributed by atoms with E-state index in [-0.39, 0.29) is 11.9 Å². The number of nitrogens with one attached hydrogen (secondary N) is 1. The zero-order valence-corrected chi connectivity index (χ0v) is 15.5. The summed E-state index contributed by atoms with van der Waals surface area (Å²) < 4.78 is 25.9. The molecule has 8 heteroatoms. The van der Waals surface area contributed by atoms with Gasteiger partial charge in [-0.05, 0) is 35.7 Å². The van der Waals surface area contributed by atoms with Gasteiger partial charge in [0.05, 0.1) is 12.3 Å². The van der Waals surface area contributed by atoms with Crippen LogP contribution in [-0.2, 0) is 21.5 Å². The number of halogens is 1. The van der Waals surface area contributed by atoms with Gasteiger partial charge in [0.25, 0.3) is 10.1 Å². The highest BCUT2D eigenvalue weighted by molar-refractivity contribution is 7.85. The SMILES string of the molecule is CC(NCc1ccc(-c2ccc(Cl)cc2)cc1)C(N)=O.CS(=O)(=O)O. The number of benzene rings is 2. The Morgan fingerprint density at radius 1 is 1.12 bits per heavy atom. The molecule has 0 saturated carbocycles. The molecule has 2 aromatic rings. The third-order valence-corrected chi connectivity index (χ3v) is 3.42. The van der Waals surface area contributed by atoms with Crippen molar-refractivity contribution in [1.29, 1.82) is 0 Å². The van der Waals surface area contributed by atoms with E-state index in [0.717, 1.165) is 21.7 Å². The van der Waals surface area contributed by atoms with E-state index in [4.69, 9.17) is 21.9 Å².